The van der Waals surface area contributed by atoms with Crippen molar-refractivity contribution in [2.45, 2.75) is 45.3 Å². The van der Waals surface area contributed by atoms with E-state index in [1.807, 2.05) is 6.92 Å². The van der Waals surface area contributed by atoms with Gasteiger partial charge in [-0.2, -0.15) is 13.2 Å². The summed E-state index contributed by atoms with van der Waals surface area (Å²) in [5.74, 6) is 0.362. The zero-order chi connectivity index (χ0) is 18.2. The highest BCUT2D eigenvalue weighted by Gasteiger charge is 2.34. The predicted molar refractivity (Wildman–Crippen MR) is 86.2 cm³/mol. The molecule has 0 saturated carbocycles. The number of alkyl halides is 3. The molecule has 2 aromatic rings. The van der Waals surface area contributed by atoms with Crippen LogP contribution in [0.2, 0.25) is 5.02 Å². The standard InChI is InChI=1S/C16H18ClF3N4O/c1-2-3-10-4-14(25)23(7-10)9-13-12(5-16(18,19)20)22-15-21-6-11(17)8-24(13)15/h6,8,10H,2-5,7,9H2,1H3. The largest absolute Gasteiger partial charge is 0.394 e. The number of amides is 1. The molecule has 1 saturated heterocycles. The lowest BCUT2D eigenvalue weighted by atomic mass is 10.0. The Bertz CT molecular complexity index is 790. The number of carbonyl (C=O) groups excluding carboxylic acids is 1. The van der Waals surface area contributed by atoms with Crippen molar-refractivity contribution in [3.63, 3.8) is 0 Å². The van der Waals surface area contributed by atoms with Gasteiger partial charge in [0.25, 0.3) is 0 Å². The summed E-state index contributed by atoms with van der Waals surface area (Å²) in [5, 5.41) is 0.293. The molecule has 2 aromatic heterocycles. The minimum Gasteiger partial charge on any atom is -0.336 e. The van der Waals surface area contributed by atoms with Crippen molar-refractivity contribution in [2.24, 2.45) is 5.92 Å². The molecule has 0 N–H and O–H groups in total. The molecule has 5 nitrogen and oxygen atoms in total. The first-order chi connectivity index (χ1) is 11.8. The maximum absolute atomic E-state index is 12.9. The average Bonchev–Trinajstić information content (AvgIpc) is 3.00. The number of likely N-dealkylation sites (tertiary alicyclic amines) is 1. The van der Waals surface area contributed by atoms with E-state index in [-0.39, 0.29) is 29.8 Å². The molecule has 1 atom stereocenters. The Labute approximate surface area is 147 Å². The van der Waals surface area contributed by atoms with E-state index >= 15 is 0 Å². The number of imidazole rings is 1. The van der Waals surface area contributed by atoms with Crippen LogP contribution in [0.5, 0.6) is 0 Å². The van der Waals surface area contributed by atoms with Crippen molar-refractivity contribution in [1.29, 1.82) is 0 Å². The smallest absolute Gasteiger partial charge is 0.336 e. The molecule has 0 bridgehead atoms. The van der Waals surface area contributed by atoms with Gasteiger partial charge in [-0.15, -0.1) is 0 Å². The highest BCUT2D eigenvalue weighted by atomic mass is 35.5. The average molecular weight is 375 g/mol. The first-order valence-electron chi connectivity index (χ1n) is 8.12. The minimum absolute atomic E-state index is 0.0404. The lowest BCUT2D eigenvalue weighted by Gasteiger charge is -2.17. The fourth-order valence-corrected chi connectivity index (χ4v) is 3.44. The summed E-state index contributed by atoms with van der Waals surface area (Å²) in [4.78, 5) is 21.8. The van der Waals surface area contributed by atoms with Gasteiger partial charge in [0.2, 0.25) is 11.7 Å². The fraction of sp³-hybridized carbons (Fsp3) is 0.562. The van der Waals surface area contributed by atoms with Gasteiger partial charge in [0.05, 0.1) is 35.6 Å². The summed E-state index contributed by atoms with van der Waals surface area (Å²) in [7, 11) is 0. The zero-order valence-electron chi connectivity index (χ0n) is 13.7. The lowest BCUT2D eigenvalue weighted by molar-refractivity contribution is -0.128. The molecular formula is C16H18ClF3N4O. The third-order valence-electron chi connectivity index (χ3n) is 4.33. The van der Waals surface area contributed by atoms with Crippen LogP contribution in [0.1, 0.15) is 37.6 Å². The van der Waals surface area contributed by atoms with Gasteiger partial charge in [-0.25, -0.2) is 9.97 Å². The Hall–Kier alpha value is -1.83. The summed E-state index contributed by atoms with van der Waals surface area (Å²) in [6.45, 7) is 2.68. The molecule has 0 aliphatic carbocycles. The third-order valence-corrected chi connectivity index (χ3v) is 4.53. The Morgan fingerprint density at radius 2 is 2.16 bits per heavy atom. The molecule has 3 rings (SSSR count). The normalized spacial score (nSPS) is 18.5. The van der Waals surface area contributed by atoms with Crippen molar-refractivity contribution in [2.75, 3.05) is 6.54 Å². The monoisotopic (exact) mass is 374 g/mol. The third kappa shape index (κ3) is 4.05. The SMILES string of the molecule is CCCC1CC(=O)N(Cc2c(CC(F)(F)F)nc3ncc(Cl)cn23)C1. The number of aromatic nitrogens is 3. The molecule has 1 fully saturated rings. The van der Waals surface area contributed by atoms with Gasteiger partial charge in [-0.3, -0.25) is 9.20 Å². The highest BCUT2D eigenvalue weighted by Crippen LogP contribution is 2.28. The summed E-state index contributed by atoms with van der Waals surface area (Å²) >= 11 is 5.93. The Morgan fingerprint density at radius 3 is 2.84 bits per heavy atom. The Kier molecular flexibility index (Phi) is 4.90. The second-order valence-corrected chi connectivity index (χ2v) is 6.81. The van der Waals surface area contributed by atoms with E-state index in [1.54, 1.807) is 4.90 Å². The minimum atomic E-state index is -4.39. The van der Waals surface area contributed by atoms with E-state index in [0.29, 0.717) is 23.7 Å². The molecule has 3 heterocycles. The van der Waals surface area contributed by atoms with Gasteiger partial charge < -0.3 is 4.90 Å². The van der Waals surface area contributed by atoms with Gasteiger partial charge in [0, 0.05) is 19.2 Å². The molecule has 9 heteroatoms. The molecular weight excluding hydrogens is 357 g/mol. The topological polar surface area (TPSA) is 50.5 Å². The lowest BCUT2D eigenvalue weighted by Crippen LogP contribution is -2.26. The van der Waals surface area contributed by atoms with E-state index in [0.717, 1.165) is 12.8 Å². The number of fused-ring (bicyclic) bond motifs is 1. The van der Waals surface area contributed by atoms with Crippen LogP contribution in [0.4, 0.5) is 13.2 Å². The molecule has 0 radical (unpaired) electrons. The molecule has 1 aliphatic heterocycles. The first-order valence-corrected chi connectivity index (χ1v) is 8.50. The molecule has 25 heavy (non-hydrogen) atoms. The van der Waals surface area contributed by atoms with Crippen LogP contribution < -0.4 is 0 Å². The van der Waals surface area contributed by atoms with Crippen LogP contribution in [0.15, 0.2) is 12.4 Å². The van der Waals surface area contributed by atoms with Crippen molar-refractivity contribution in [1.82, 2.24) is 19.3 Å². The maximum atomic E-state index is 12.9. The molecule has 0 spiro atoms. The van der Waals surface area contributed by atoms with E-state index in [4.69, 9.17) is 11.6 Å². The number of carbonyl (C=O) groups is 1. The number of nitrogens with zero attached hydrogens (tertiary/aromatic N) is 4. The van der Waals surface area contributed by atoms with Crippen LogP contribution >= 0.6 is 11.6 Å². The Balaban J connectivity index is 1.94. The van der Waals surface area contributed by atoms with E-state index in [2.05, 4.69) is 9.97 Å². The van der Waals surface area contributed by atoms with Crippen molar-refractivity contribution < 1.29 is 18.0 Å². The zero-order valence-corrected chi connectivity index (χ0v) is 14.4. The molecule has 0 aromatic carbocycles. The van der Waals surface area contributed by atoms with E-state index in [1.165, 1.54) is 16.8 Å². The van der Waals surface area contributed by atoms with Crippen molar-refractivity contribution >= 4 is 23.3 Å². The molecule has 1 unspecified atom stereocenters. The highest BCUT2D eigenvalue weighted by molar-refractivity contribution is 6.30. The second kappa shape index (κ2) is 6.82. The quantitative estimate of drug-likeness (QED) is 0.803. The van der Waals surface area contributed by atoms with Crippen LogP contribution in [-0.2, 0) is 17.8 Å². The number of hydrogen-bond acceptors (Lipinski definition) is 3. The van der Waals surface area contributed by atoms with Gasteiger partial charge in [-0.1, -0.05) is 24.9 Å². The fourth-order valence-electron chi connectivity index (χ4n) is 3.29. The van der Waals surface area contributed by atoms with Crippen LogP contribution in [0, 0.1) is 5.92 Å². The van der Waals surface area contributed by atoms with Gasteiger partial charge in [-0.05, 0) is 12.3 Å². The summed E-state index contributed by atoms with van der Waals surface area (Å²) in [6.07, 6.45) is -0.393. The van der Waals surface area contributed by atoms with Gasteiger partial charge in [0.15, 0.2) is 0 Å². The number of rotatable bonds is 5. The van der Waals surface area contributed by atoms with Crippen molar-refractivity contribution in [3.8, 4) is 0 Å². The predicted octanol–water partition coefficient (Wildman–Crippen LogP) is 3.64. The van der Waals surface area contributed by atoms with Gasteiger partial charge >= 0.3 is 6.18 Å². The first kappa shape index (κ1) is 18.0. The molecule has 1 aliphatic rings. The van der Waals surface area contributed by atoms with E-state index in [9.17, 15) is 18.0 Å². The number of hydrogen-bond donors (Lipinski definition) is 0. The number of halogens is 4. The van der Waals surface area contributed by atoms with E-state index < -0.39 is 12.6 Å². The van der Waals surface area contributed by atoms with Gasteiger partial charge in [0.1, 0.15) is 0 Å². The maximum Gasteiger partial charge on any atom is 0.394 e. The Morgan fingerprint density at radius 1 is 1.40 bits per heavy atom. The van der Waals surface area contributed by atoms with Crippen LogP contribution in [0.3, 0.4) is 0 Å². The second-order valence-electron chi connectivity index (χ2n) is 6.37. The van der Waals surface area contributed by atoms with Crippen molar-refractivity contribution in [3.05, 3.63) is 28.8 Å². The van der Waals surface area contributed by atoms with Crippen LogP contribution in [-0.4, -0.2) is 37.9 Å². The molecule has 1 amide bonds. The summed E-state index contributed by atoms with van der Waals surface area (Å²) in [5.41, 5.74) is 0.196. The van der Waals surface area contributed by atoms with Crippen LogP contribution in [0.25, 0.3) is 5.78 Å². The summed E-state index contributed by atoms with van der Waals surface area (Å²) < 4.78 is 40.2. The molecule has 136 valence electrons. The summed E-state index contributed by atoms with van der Waals surface area (Å²) in [6, 6.07) is 0.